The van der Waals surface area contributed by atoms with Gasteiger partial charge in [0.1, 0.15) is 5.82 Å². The zero-order chi connectivity index (χ0) is 12.8. The van der Waals surface area contributed by atoms with E-state index in [0.29, 0.717) is 5.92 Å². The number of hydrogen-bond acceptors (Lipinski definition) is 2. The Bertz CT molecular complexity index is 559. The summed E-state index contributed by atoms with van der Waals surface area (Å²) in [6.07, 6.45) is 4.79. The third-order valence-corrected chi connectivity index (χ3v) is 3.72. The molecule has 1 aliphatic carbocycles. The van der Waals surface area contributed by atoms with Gasteiger partial charge in [0.15, 0.2) is 0 Å². The van der Waals surface area contributed by atoms with E-state index in [1.807, 2.05) is 0 Å². The van der Waals surface area contributed by atoms with Crippen molar-refractivity contribution >= 4 is 11.0 Å². The molecule has 0 radical (unpaired) electrons. The van der Waals surface area contributed by atoms with Gasteiger partial charge in [-0.05, 0) is 50.8 Å². The summed E-state index contributed by atoms with van der Waals surface area (Å²) in [5.41, 5.74) is 9.41. The van der Waals surface area contributed by atoms with Crippen molar-refractivity contribution in [1.29, 1.82) is 0 Å². The molecule has 1 aliphatic rings. The second-order valence-electron chi connectivity index (χ2n) is 6.27. The summed E-state index contributed by atoms with van der Waals surface area (Å²) in [5, 5.41) is 0. The average molecular weight is 243 g/mol. The predicted molar refractivity (Wildman–Crippen MR) is 74.7 cm³/mol. The molecule has 96 valence electrons. The minimum atomic E-state index is -0.162. The van der Waals surface area contributed by atoms with Crippen molar-refractivity contribution in [3.8, 4) is 0 Å². The van der Waals surface area contributed by atoms with E-state index in [4.69, 9.17) is 5.73 Å². The maximum atomic E-state index is 6.07. The molecular formula is C15H21N3. The topological polar surface area (TPSA) is 54.7 Å². The number of fused-ring (bicyclic) bond motifs is 1. The van der Waals surface area contributed by atoms with E-state index in [0.717, 1.165) is 17.5 Å². The molecule has 1 heterocycles. The Morgan fingerprint density at radius 2 is 2.17 bits per heavy atom. The van der Waals surface area contributed by atoms with E-state index in [1.165, 1.54) is 30.7 Å². The predicted octanol–water partition coefficient (Wildman–Crippen LogP) is 3.11. The van der Waals surface area contributed by atoms with Crippen LogP contribution in [0.1, 0.15) is 50.4 Å². The van der Waals surface area contributed by atoms with Crippen LogP contribution < -0.4 is 5.73 Å². The number of hydrogen-bond donors (Lipinski definition) is 2. The number of aromatic nitrogens is 2. The molecule has 3 heteroatoms. The lowest BCUT2D eigenvalue weighted by Crippen LogP contribution is -2.34. The Balaban J connectivity index is 1.91. The van der Waals surface area contributed by atoms with E-state index in [9.17, 15) is 0 Å². The minimum Gasteiger partial charge on any atom is -0.342 e. The van der Waals surface area contributed by atoms with Crippen molar-refractivity contribution in [2.45, 2.75) is 51.0 Å². The van der Waals surface area contributed by atoms with E-state index in [1.54, 1.807) is 0 Å². The molecule has 1 fully saturated rings. The third-order valence-electron chi connectivity index (χ3n) is 3.72. The van der Waals surface area contributed by atoms with E-state index in [2.05, 4.69) is 42.0 Å². The fourth-order valence-corrected chi connectivity index (χ4v) is 2.59. The standard InChI is InChI=1S/C15H21N3/c1-15(2,16)9-10-6-7-12-13(8-10)18-14(17-12)11-4-3-5-11/h6-8,11H,3-5,9,16H2,1-2H3,(H,17,18). The average Bonchev–Trinajstić information content (AvgIpc) is 2.54. The summed E-state index contributed by atoms with van der Waals surface area (Å²) in [4.78, 5) is 8.16. The van der Waals surface area contributed by atoms with Crippen molar-refractivity contribution in [3.05, 3.63) is 29.6 Å². The number of nitrogens with two attached hydrogens (primary N) is 1. The molecule has 3 rings (SSSR count). The molecule has 1 aromatic carbocycles. The second-order valence-corrected chi connectivity index (χ2v) is 6.27. The van der Waals surface area contributed by atoms with Crippen LogP contribution in [0.25, 0.3) is 11.0 Å². The first kappa shape index (κ1) is 11.7. The number of rotatable bonds is 3. The van der Waals surface area contributed by atoms with Crippen LogP contribution in [0, 0.1) is 0 Å². The SMILES string of the molecule is CC(C)(N)Cc1ccc2nc(C3CCC3)[nH]c2c1. The van der Waals surface area contributed by atoms with Crippen LogP contribution in [0.5, 0.6) is 0 Å². The van der Waals surface area contributed by atoms with Crippen LogP contribution >= 0.6 is 0 Å². The molecule has 18 heavy (non-hydrogen) atoms. The van der Waals surface area contributed by atoms with Crippen molar-refractivity contribution in [2.75, 3.05) is 0 Å². The number of aromatic amines is 1. The van der Waals surface area contributed by atoms with Gasteiger partial charge in [-0.3, -0.25) is 0 Å². The summed E-state index contributed by atoms with van der Waals surface area (Å²) >= 11 is 0. The van der Waals surface area contributed by atoms with Crippen molar-refractivity contribution in [3.63, 3.8) is 0 Å². The number of imidazole rings is 1. The summed E-state index contributed by atoms with van der Waals surface area (Å²) in [6, 6.07) is 6.44. The van der Waals surface area contributed by atoms with Gasteiger partial charge < -0.3 is 10.7 Å². The lowest BCUT2D eigenvalue weighted by molar-refractivity contribution is 0.405. The highest BCUT2D eigenvalue weighted by atomic mass is 14.9. The fraction of sp³-hybridized carbons (Fsp3) is 0.533. The summed E-state index contributed by atoms with van der Waals surface area (Å²) in [7, 11) is 0. The molecule has 1 aromatic heterocycles. The van der Waals surface area contributed by atoms with E-state index >= 15 is 0 Å². The van der Waals surface area contributed by atoms with Gasteiger partial charge in [-0.2, -0.15) is 0 Å². The third kappa shape index (κ3) is 2.27. The largest absolute Gasteiger partial charge is 0.342 e. The monoisotopic (exact) mass is 243 g/mol. The Hall–Kier alpha value is -1.35. The first-order valence-corrected chi connectivity index (χ1v) is 6.79. The molecule has 0 aliphatic heterocycles. The van der Waals surface area contributed by atoms with Crippen molar-refractivity contribution < 1.29 is 0 Å². The van der Waals surface area contributed by atoms with Crippen LogP contribution in [0.15, 0.2) is 18.2 Å². The zero-order valence-corrected chi connectivity index (χ0v) is 11.2. The maximum absolute atomic E-state index is 6.07. The molecular weight excluding hydrogens is 222 g/mol. The van der Waals surface area contributed by atoms with Crippen LogP contribution in [0.2, 0.25) is 0 Å². The Labute approximate surface area is 108 Å². The smallest absolute Gasteiger partial charge is 0.110 e. The number of H-pyrrole nitrogens is 1. The van der Waals surface area contributed by atoms with Gasteiger partial charge in [-0.25, -0.2) is 4.98 Å². The molecule has 0 amide bonds. The van der Waals surface area contributed by atoms with Crippen LogP contribution in [-0.4, -0.2) is 15.5 Å². The molecule has 3 nitrogen and oxygen atoms in total. The summed E-state index contributed by atoms with van der Waals surface area (Å²) in [6.45, 7) is 4.12. The Morgan fingerprint density at radius 3 is 2.78 bits per heavy atom. The van der Waals surface area contributed by atoms with Crippen LogP contribution in [-0.2, 0) is 6.42 Å². The van der Waals surface area contributed by atoms with E-state index < -0.39 is 0 Å². The molecule has 1 saturated carbocycles. The molecule has 3 N–H and O–H groups in total. The Morgan fingerprint density at radius 1 is 1.39 bits per heavy atom. The molecule has 2 aromatic rings. The maximum Gasteiger partial charge on any atom is 0.110 e. The quantitative estimate of drug-likeness (QED) is 0.870. The van der Waals surface area contributed by atoms with Crippen LogP contribution in [0.3, 0.4) is 0 Å². The lowest BCUT2D eigenvalue weighted by atomic mass is 9.85. The second kappa shape index (κ2) is 4.09. The first-order chi connectivity index (χ1) is 8.51. The van der Waals surface area contributed by atoms with Crippen molar-refractivity contribution in [1.82, 2.24) is 9.97 Å². The molecule has 0 bridgehead atoms. The molecule has 0 spiro atoms. The van der Waals surface area contributed by atoms with E-state index in [-0.39, 0.29) is 5.54 Å². The van der Waals surface area contributed by atoms with Crippen LogP contribution in [0.4, 0.5) is 0 Å². The number of nitrogens with zero attached hydrogens (tertiary/aromatic N) is 1. The van der Waals surface area contributed by atoms with Gasteiger partial charge >= 0.3 is 0 Å². The molecule has 0 unspecified atom stereocenters. The summed E-state index contributed by atoms with van der Waals surface area (Å²) < 4.78 is 0. The first-order valence-electron chi connectivity index (χ1n) is 6.79. The highest BCUT2D eigenvalue weighted by molar-refractivity contribution is 5.76. The van der Waals surface area contributed by atoms with Crippen molar-refractivity contribution in [2.24, 2.45) is 5.73 Å². The number of benzene rings is 1. The molecule has 0 atom stereocenters. The Kier molecular flexibility index (Phi) is 2.67. The zero-order valence-electron chi connectivity index (χ0n) is 11.2. The fourth-order valence-electron chi connectivity index (χ4n) is 2.59. The number of nitrogens with one attached hydrogen (secondary N) is 1. The minimum absolute atomic E-state index is 0.162. The summed E-state index contributed by atoms with van der Waals surface area (Å²) in [5.74, 6) is 1.83. The van der Waals surface area contributed by atoms with Gasteiger partial charge in [0.05, 0.1) is 11.0 Å². The van der Waals surface area contributed by atoms with Gasteiger partial charge in [0.25, 0.3) is 0 Å². The van der Waals surface area contributed by atoms with Gasteiger partial charge in [0.2, 0.25) is 0 Å². The van der Waals surface area contributed by atoms with Gasteiger partial charge in [-0.1, -0.05) is 12.5 Å². The van der Waals surface area contributed by atoms with Gasteiger partial charge in [0, 0.05) is 11.5 Å². The normalized spacial score (nSPS) is 17.1. The lowest BCUT2D eigenvalue weighted by Gasteiger charge is -2.22. The van der Waals surface area contributed by atoms with Gasteiger partial charge in [-0.15, -0.1) is 0 Å². The highest BCUT2D eigenvalue weighted by Gasteiger charge is 2.22. The highest BCUT2D eigenvalue weighted by Crippen LogP contribution is 2.35. The molecule has 0 saturated heterocycles.